The second kappa shape index (κ2) is 4.44. The van der Waals surface area contributed by atoms with Crippen molar-refractivity contribution in [2.75, 3.05) is 0 Å². The van der Waals surface area contributed by atoms with Crippen LogP contribution in [0.3, 0.4) is 0 Å². The standard InChI is InChI=1S/C16H13B3BrN/c17-12-13(18)15(20)11-10-8-4-2-1-3-7(8)5-6-9(10)21-16(11)14(12)19/h1-6,21H,17-19H2. The number of aromatic amines is 1. The maximum atomic E-state index is 3.83. The van der Waals surface area contributed by atoms with Crippen LogP contribution in [-0.4, -0.2) is 28.5 Å². The lowest BCUT2D eigenvalue weighted by Gasteiger charge is -2.11. The largest absolute Gasteiger partial charge is 0.355 e. The Kier molecular flexibility index (Phi) is 2.77. The molecule has 1 nitrogen and oxygen atoms in total. The van der Waals surface area contributed by atoms with Crippen molar-refractivity contribution in [3.63, 3.8) is 0 Å². The van der Waals surface area contributed by atoms with E-state index in [2.05, 4.69) is 80.9 Å². The summed E-state index contributed by atoms with van der Waals surface area (Å²) in [6, 6.07) is 13.0. The molecule has 3 aromatic carbocycles. The second-order valence-corrected chi connectivity index (χ2v) is 6.57. The van der Waals surface area contributed by atoms with Gasteiger partial charge in [0.2, 0.25) is 0 Å². The van der Waals surface area contributed by atoms with Crippen LogP contribution in [-0.2, 0) is 0 Å². The molecule has 4 aromatic rings. The van der Waals surface area contributed by atoms with Crippen molar-refractivity contribution < 1.29 is 0 Å². The number of hydrogen-bond donors (Lipinski definition) is 1. The molecule has 0 saturated carbocycles. The van der Waals surface area contributed by atoms with Crippen LogP contribution < -0.4 is 16.4 Å². The third kappa shape index (κ3) is 1.67. The monoisotopic (exact) mass is 331 g/mol. The van der Waals surface area contributed by atoms with Crippen molar-refractivity contribution in [3.8, 4) is 0 Å². The van der Waals surface area contributed by atoms with Gasteiger partial charge in [0, 0.05) is 26.3 Å². The van der Waals surface area contributed by atoms with E-state index in [0.717, 1.165) is 0 Å². The summed E-state index contributed by atoms with van der Waals surface area (Å²) < 4.78 is 1.21. The topological polar surface area (TPSA) is 15.8 Å². The van der Waals surface area contributed by atoms with Crippen molar-refractivity contribution in [1.29, 1.82) is 0 Å². The van der Waals surface area contributed by atoms with Gasteiger partial charge in [-0.15, -0.1) is 0 Å². The molecule has 4 rings (SSSR count). The Morgan fingerprint density at radius 2 is 1.57 bits per heavy atom. The number of nitrogens with one attached hydrogen (secondary N) is 1. The normalized spacial score (nSPS) is 11.7. The number of fused-ring (bicyclic) bond motifs is 5. The summed E-state index contributed by atoms with van der Waals surface area (Å²) in [6.07, 6.45) is 0. The lowest BCUT2D eigenvalue weighted by atomic mass is 9.71. The Morgan fingerprint density at radius 1 is 0.810 bits per heavy atom. The van der Waals surface area contributed by atoms with E-state index in [-0.39, 0.29) is 0 Å². The molecular formula is C16H13B3BrN. The van der Waals surface area contributed by atoms with Crippen LogP contribution in [0.5, 0.6) is 0 Å². The molecule has 5 heteroatoms. The molecule has 0 fully saturated rings. The van der Waals surface area contributed by atoms with Crippen molar-refractivity contribution in [2.45, 2.75) is 0 Å². The van der Waals surface area contributed by atoms with Crippen molar-refractivity contribution in [1.82, 2.24) is 4.98 Å². The predicted molar refractivity (Wildman–Crippen MR) is 106 cm³/mol. The third-order valence-electron chi connectivity index (χ3n) is 4.74. The number of halogens is 1. The zero-order chi connectivity index (χ0) is 14.7. The van der Waals surface area contributed by atoms with Crippen LogP contribution in [0.1, 0.15) is 0 Å². The Morgan fingerprint density at radius 3 is 2.38 bits per heavy atom. The van der Waals surface area contributed by atoms with Gasteiger partial charge in [-0.1, -0.05) is 62.7 Å². The highest BCUT2D eigenvalue weighted by molar-refractivity contribution is 9.10. The molecule has 0 aliphatic heterocycles. The summed E-state index contributed by atoms with van der Waals surface area (Å²) in [7, 11) is 6.59. The quantitative estimate of drug-likeness (QED) is 0.437. The van der Waals surface area contributed by atoms with E-state index in [9.17, 15) is 0 Å². The van der Waals surface area contributed by atoms with E-state index in [4.69, 9.17) is 0 Å². The molecule has 1 aromatic heterocycles. The second-order valence-electron chi connectivity index (χ2n) is 5.77. The fourth-order valence-corrected chi connectivity index (χ4v) is 3.98. The first-order valence-corrected chi connectivity index (χ1v) is 7.97. The van der Waals surface area contributed by atoms with Crippen molar-refractivity contribution >= 4 is 88.4 Å². The zero-order valence-corrected chi connectivity index (χ0v) is 13.9. The summed E-state index contributed by atoms with van der Waals surface area (Å²) in [6.45, 7) is 0. The minimum atomic E-state index is 1.21. The molecule has 21 heavy (non-hydrogen) atoms. The number of rotatable bonds is 0. The molecular weight excluding hydrogens is 319 g/mol. The molecule has 0 bridgehead atoms. The van der Waals surface area contributed by atoms with Gasteiger partial charge >= 0.3 is 0 Å². The van der Waals surface area contributed by atoms with Crippen LogP contribution in [0.25, 0.3) is 32.6 Å². The molecule has 1 heterocycles. The van der Waals surface area contributed by atoms with Gasteiger partial charge in [0.1, 0.15) is 23.5 Å². The first-order chi connectivity index (χ1) is 10.1. The van der Waals surface area contributed by atoms with Gasteiger partial charge in [0.25, 0.3) is 0 Å². The fraction of sp³-hybridized carbons (Fsp3) is 0. The highest BCUT2D eigenvalue weighted by atomic mass is 79.9. The molecule has 98 valence electrons. The van der Waals surface area contributed by atoms with Crippen molar-refractivity contribution in [2.24, 2.45) is 0 Å². The first kappa shape index (κ1) is 13.1. The average Bonchev–Trinajstić information content (AvgIpc) is 2.91. The Bertz CT molecular complexity index is 1040. The first-order valence-electron chi connectivity index (χ1n) is 7.18. The number of benzene rings is 3. The average molecular weight is 332 g/mol. The SMILES string of the molecule is Bc1c(B)c(Br)c2c([nH]c3ccc4ccccc4c32)c1B. The molecule has 0 atom stereocenters. The van der Waals surface area contributed by atoms with Crippen molar-refractivity contribution in [3.05, 3.63) is 40.9 Å². The molecule has 0 spiro atoms. The van der Waals surface area contributed by atoms with Crippen LogP contribution in [0, 0.1) is 0 Å². The van der Waals surface area contributed by atoms with Gasteiger partial charge in [-0.25, -0.2) is 0 Å². The highest BCUT2D eigenvalue weighted by Gasteiger charge is 2.16. The van der Waals surface area contributed by atoms with Crippen LogP contribution >= 0.6 is 15.9 Å². The maximum Gasteiger partial charge on any atom is 0.141 e. The minimum Gasteiger partial charge on any atom is -0.355 e. The Labute approximate surface area is 134 Å². The lowest BCUT2D eigenvalue weighted by Crippen LogP contribution is -2.40. The van der Waals surface area contributed by atoms with Crippen LogP contribution in [0.15, 0.2) is 40.9 Å². The lowest BCUT2D eigenvalue weighted by molar-refractivity contribution is 1.57. The van der Waals surface area contributed by atoms with E-state index < -0.39 is 0 Å². The molecule has 0 unspecified atom stereocenters. The Balaban J connectivity index is 2.39. The van der Waals surface area contributed by atoms with E-state index in [0.29, 0.717) is 0 Å². The van der Waals surface area contributed by atoms with E-state index in [1.807, 2.05) is 0 Å². The third-order valence-corrected chi connectivity index (χ3v) is 5.73. The zero-order valence-electron chi connectivity index (χ0n) is 12.3. The molecule has 0 amide bonds. The van der Waals surface area contributed by atoms with Gasteiger partial charge in [-0.05, 0) is 16.8 Å². The molecule has 0 radical (unpaired) electrons. The summed E-state index contributed by atoms with van der Waals surface area (Å²) in [5, 5.41) is 5.22. The Hall–Kier alpha value is -1.61. The van der Waals surface area contributed by atoms with Gasteiger partial charge in [0.05, 0.1) is 0 Å². The van der Waals surface area contributed by atoms with E-state index >= 15 is 0 Å². The van der Waals surface area contributed by atoms with Crippen LogP contribution in [0.4, 0.5) is 0 Å². The number of aromatic nitrogens is 1. The summed E-state index contributed by atoms with van der Waals surface area (Å²) in [4.78, 5) is 3.62. The van der Waals surface area contributed by atoms with E-state index in [1.165, 1.54) is 53.4 Å². The van der Waals surface area contributed by atoms with Crippen LogP contribution in [0.2, 0.25) is 0 Å². The molecule has 1 N–H and O–H groups in total. The molecule has 0 aliphatic carbocycles. The smallest absolute Gasteiger partial charge is 0.141 e. The molecule has 0 saturated heterocycles. The summed E-state index contributed by atoms with van der Waals surface area (Å²) in [5.41, 5.74) is 6.47. The predicted octanol–water partition coefficient (Wildman–Crippen LogP) is 0.0120. The summed E-state index contributed by atoms with van der Waals surface area (Å²) >= 11 is 3.83. The minimum absolute atomic E-state index is 1.21. The van der Waals surface area contributed by atoms with Gasteiger partial charge in [-0.3, -0.25) is 0 Å². The number of H-pyrrole nitrogens is 1. The highest BCUT2D eigenvalue weighted by Crippen LogP contribution is 2.34. The summed E-state index contributed by atoms with van der Waals surface area (Å²) in [5.74, 6) is 0. The molecule has 0 aliphatic rings. The maximum absolute atomic E-state index is 3.83. The van der Waals surface area contributed by atoms with Gasteiger partial charge < -0.3 is 4.98 Å². The van der Waals surface area contributed by atoms with Gasteiger partial charge in [-0.2, -0.15) is 0 Å². The number of hydrogen-bond acceptors (Lipinski definition) is 0. The van der Waals surface area contributed by atoms with E-state index in [1.54, 1.807) is 0 Å². The van der Waals surface area contributed by atoms with Gasteiger partial charge in [0.15, 0.2) is 0 Å². The fourth-order valence-electron chi connectivity index (χ4n) is 3.29.